The number of nitrogens with zero attached hydrogens (tertiary/aromatic N) is 5. The first kappa shape index (κ1) is 21.5. The van der Waals surface area contributed by atoms with E-state index in [-0.39, 0.29) is 18.7 Å². The number of alkyl halides is 3. The van der Waals surface area contributed by atoms with Crippen molar-refractivity contribution in [3.63, 3.8) is 0 Å². The van der Waals surface area contributed by atoms with Gasteiger partial charge < -0.3 is 10.2 Å². The predicted molar refractivity (Wildman–Crippen MR) is 118 cm³/mol. The number of fused-ring (bicyclic) bond motifs is 2. The van der Waals surface area contributed by atoms with Gasteiger partial charge in [-0.25, -0.2) is 4.98 Å². The Morgan fingerprint density at radius 1 is 0.941 bits per heavy atom. The molecule has 0 bridgehead atoms. The third-order valence-electron chi connectivity index (χ3n) is 6.70. The molecule has 3 aromatic heterocycles. The summed E-state index contributed by atoms with van der Waals surface area (Å²) in [7, 11) is 0. The van der Waals surface area contributed by atoms with E-state index in [1.165, 1.54) is 28.3 Å². The van der Waals surface area contributed by atoms with E-state index < -0.39 is 24.4 Å². The lowest BCUT2D eigenvalue weighted by Gasteiger charge is -2.29. The zero-order valence-corrected chi connectivity index (χ0v) is 18.0. The van der Waals surface area contributed by atoms with E-state index in [4.69, 9.17) is 4.98 Å². The van der Waals surface area contributed by atoms with Gasteiger partial charge in [-0.3, -0.25) is 9.30 Å². The molecule has 2 aliphatic rings. The highest BCUT2D eigenvalue weighted by atomic mass is 19.4. The van der Waals surface area contributed by atoms with Crippen LogP contribution in [0.5, 0.6) is 0 Å². The monoisotopic (exact) mass is 469 g/mol. The van der Waals surface area contributed by atoms with E-state index in [2.05, 4.69) is 16.3 Å². The number of aliphatic hydroxyl groups excluding tert-OH is 2. The number of pyridine rings is 2. The first-order chi connectivity index (χ1) is 16.3. The van der Waals surface area contributed by atoms with Gasteiger partial charge in [0.25, 0.3) is 0 Å². The van der Waals surface area contributed by atoms with Crippen LogP contribution in [-0.2, 0) is 0 Å². The van der Waals surface area contributed by atoms with Crippen molar-refractivity contribution < 1.29 is 23.4 Å². The summed E-state index contributed by atoms with van der Waals surface area (Å²) in [5.74, 6) is 0.846. The van der Waals surface area contributed by atoms with Gasteiger partial charge in [-0.05, 0) is 42.0 Å². The Morgan fingerprint density at radius 3 is 2.41 bits per heavy atom. The molecule has 0 spiro atoms. The van der Waals surface area contributed by atoms with Crippen molar-refractivity contribution in [1.82, 2.24) is 24.5 Å². The molecule has 1 saturated heterocycles. The van der Waals surface area contributed by atoms with Crippen LogP contribution in [0.4, 0.5) is 13.2 Å². The van der Waals surface area contributed by atoms with Gasteiger partial charge in [-0.1, -0.05) is 30.3 Å². The molecule has 176 valence electrons. The molecule has 1 aliphatic heterocycles. The number of rotatable bonds is 4. The molecule has 4 aromatic rings. The molecular formula is C24H22F3N5O2. The van der Waals surface area contributed by atoms with Crippen LogP contribution in [0, 0.1) is 0 Å². The van der Waals surface area contributed by atoms with E-state index in [0.717, 1.165) is 28.6 Å². The minimum Gasteiger partial charge on any atom is -0.389 e. The molecule has 2 fully saturated rings. The standard InChI is InChI=1S/C24H22F3N5O2/c25-24(26,27)22(31-11-18(33)19(34)12-31)15-7-9-20-29-30-23(32(20)10-15)17-8-6-14-2-1-3-16(13-4-5-13)21(14)28-17/h1-3,6-10,13,18-19,22,33-34H,4-5,11-12H2. The van der Waals surface area contributed by atoms with Gasteiger partial charge in [0.05, 0.1) is 17.7 Å². The van der Waals surface area contributed by atoms with E-state index in [1.54, 1.807) is 6.07 Å². The van der Waals surface area contributed by atoms with Gasteiger partial charge >= 0.3 is 6.18 Å². The van der Waals surface area contributed by atoms with Crippen LogP contribution in [0.25, 0.3) is 28.1 Å². The Morgan fingerprint density at radius 2 is 1.71 bits per heavy atom. The van der Waals surface area contributed by atoms with Crippen molar-refractivity contribution in [2.24, 2.45) is 0 Å². The maximum atomic E-state index is 14.1. The summed E-state index contributed by atoms with van der Waals surface area (Å²) in [5.41, 5.74) is 2.96. The fraction of sp³-hybridized carbons (Fsp3) is 0.375. The van der Waals surface area contributed by atoms with Gasteiger partial charge in [0.2, 0.25) is 0 Å². The average Bonchev–Trinajstić information content (AvgIpc) is 3.48. The highest BCUT2D eigenvalue weighted by Gasteiger charge is 2.48. The maximum Gasteiger partial charge on any atom is 0.408 e. The minimum atomic E-state index is -4.61. The molecule has 3 atom stereocenters. The number of β-amino-alcohol motifs (C(OH)–C–C–N with tert-alkyl or cyclic N) is 2. The van der Waals surface area contributed by atoms with Crippen molar-refractivity contribution in [2.45, 2.75) is 43.2 Å². The molecule has 0 amide bonds. The van der Waals surface area contributed by atoms with E-state index in [0.29, 0.717) is 23.1 Å². The van der Waals surface area contributed by atoms with Gasteiger partial charge in [0.15, 0.2) is 11.5 Å². The van der Waals surface area contributed by atoms with E-state index in [9.17, 15) is 23.4 Å². The van der Waals surface area contributed by atoms with Gasteiger partial charge in [0, 0.05) is 24.7 Å². The number of aromatic nitrogens is 4. The Balaban J connectivity index is 1.45. The number of aliphatic hydroxyl groups is 2. The second kappa shape index (κ2) is 7.72. The third kappa shape index (κ3) is 3.62. The summed E-state index contributed by atoms with van der Waals surface area (Å²) in [4.78, 5) is 5.88. The fourth-order valence-electron chi connectivity index (χ4n) is 4.88. The second-order valence-electron chi connectivity index (χ2n) is 9.14. The maximum absolute atomic E-state index is 14.1. The number of hydrogen-bond donors (Lipinski definition) is 2. The van der Waals surface area contributed by atoms with Crippen molar-refractivity contribution in [3.8, 4) is 11.5 Å². The Kier molecular flexibility index (Phi) is 4.87. The van der Waals surface area contributed by atoms with Crippen molar-refractivity contribution in [3.05, 3.63) is 59.8 Å². The summed E-state index contributed by atoms with van der Waals surface area (Å²) in [5, 5.41) is 29.0. The van der Waals surface area contributed by atoms with Gasteiger partial charge in [-0.15, -0.1) is 10.2 Å². The lowest BCUT2D eigenvalue weighted by atomic mass is 10.1. The molecule has 2 N–H and O–H groups in total. The van der Waals surface area contributed by atoms with Crippen molar-refractivity contribution >= 4 is 16.6 Å². The Hall–Kier alpha value is -3.08. The summed E-state index contributed by atoms with van der Waals surface area (Å²) in [6.45, 7) is -0.539. The quantitative estimate of drug-likeness (QED) is 0.476. The molecule has 4 heterocycles. The highest BCUT2D eigenvalue weighted by molar-refractivity contribution is 5.84. The number of likely N-dealkylation sites (tertiary alicyclic amines) is 1. The number of benzene rings is 1. The SMILES string of the molecule is OC1CN(C(c2ccc3nnc(-c4ccc5cccc(C6CC6)c5n4)n3c2)C(F)(F)F)CC1O. The number of halogens is 3. The first-order valence-electron chi connectivity index (χ1n) is 11.2. The topological polar surface area (TPSA) is 86.8 Å². The van der Waals surface area contributed by atoms with Crippen molar-refractivity contribution in [1.29, 1.82) is 0 Å². The highest BCUT2D eigenvalue weighted by Crippen LogP contribution is 2.43. The Bertz CT molecular complexity index is 1370. The molecular weight excluding hydrogens is 447 g/mol. The molecule has 6 rings (SSSR count). The molecule has 3 unspecified atom stereocenters. The second-order valence-corrected chi connectivity index (χ2v) is 9.14. The molecule has 1 aliphatic carbocycles. The lowest BCUT2D eigenvalue weighted by Crippen LogP contribution is -2.38. The smallest absolute Gasteiger partial charge is 0.389 e. The average molecular weight is 469 g/mol. The largest absolute Gasteiger partial charge is 0.408 e. The minimum absolute atomic E-state index is 0.0261. The van der Waals surface area contributed by atoms with Crippen LogP contribution in [0.2, 0.25) is 0 Å². The van der Waals surface area contributed by atoms with Crippen molar-refractivity contribution in [2.75, 3.05) is 13.1 Å². The zero-order valence-electron chi connectivity index (χ0n) is 18.0. The summed E-state index contributed by atoms with van der Waals surface area (Å²) >= 11 is 0. The lowest BCUT2D eigenvalue weighted by molar-refractivity contribution is -0.185. The van der Waals surface area contributed by atoms with Gasteiger partial charge in [-0.2, -0.15) is 13.2 Å². The summed E-state index contributed by atoms with van der Waals surface area (Å²) in [6, 6.07) is 10.7. The molecule has 10 heteroatoms. The normalized spacial score (nSPS) is 22.6. The van der Waals surface area contributed by atoms with Crippen LogP contribution < -0.4 is 0 Å². The summed E-state index contributed by atoms with van der Waals surface area (Å²) < 4.78 is 43.8. The molecule has 1 aromatic carbocycles. The molecule has 0 radical (unpaired) electrons. The third-order valence-corrected chi connectivity index (χ3v) is 6.70. The number of para-hydroxylation sites is 1. The predicted octanol–water partition coefficient (Wildman–Crippen LogP) is 3.46. The Labute approximate surface area is 192 Å². The number of hydrogen-bond acceptors (Lipinski definition) is 6. The van der Waals surface area contributed by atoms with Crippen LogP contribution in [0.3, 0.4) is 0 Å². The van der Waals surface area contributed by atoms with Crippen LogP contribution in [-0.4, -0.2) is 66.2 Å². The first-order valence-corrected chi connectivity index (χ1v) is 11.2. The zero-order chi connectivity index (χ0) is 23.6. The molecule has 1 saturated carbocycles. The summed E-state index contributed by atoms with van der Waals surface area (Å²) in [6.07, 6.45) is -3.42. The molecule has 7 nitrogen and oxygen atoms in total. The van der Waals surface area contributed by atoms with E-state index >= 15 is 0 Å². The van der Waals surface area contributed by atoms with Gasteiger partial charge in [0.1, 0.15) is 11.7 Å². The van der Waals surface area contributed by atoms with Crippen LogP contribution in [0.1, 0.15) is 35.9 Å². The van der Waals surface area contributed by atoms with E-state index in [1.807, 2.05) is 18.2 Å². The van der Waals surface area contributed by atoms with Crippen LogP contribution >= 0.6 is 0 Å². The fourth-order valence-corrected chi connectivity index (χ4v) is 4.88. The van der Waals surface area contributed by atoms with Crippen LogP contribution in [0.15, 0.2) is 48.7 Å². The molecule has 34 heavy (non-hydrogen) atoms.